The molecule has 0 unspecified atom stereocenters. The van der Waals surface area contributed by atoms with E-state index in [-0.39, 0.29) is 5.56 Å². The first-order valence-electron chi connectivity index (χ1n) is 11.2. The predicted molar refractivity (Wildman–Crippen MR) is 133 cm³/mol. The summed E-state index contributed by atoms with van der Waals surface area (Å²) in [5, 5.41) is 14.0. The number of aromatic nitrogens is 6. The van der Waals surface area contributed by atoms with E-state index in [1.165, 1.54) is 0 Å². The topological polar surface area (TPSA) is 98.6 Å². The number of hydrogen-bond acceptors (Lipinski definition) is 6. The first-order valence-corrected chi connectivity index (χ1v) is 11.2. The van der Waals surface area contributed by atoms with Crippen LogP contribution in [0.3, 0.4) is 0 Å². The Hall–Kier alpha value is -4.85. The molecule has 8 heteroatoms. The number of tetrazole rings is 1. The first-order chi connectivity index (χ1) is 17.2. The summed E-state index contributed by atoms with van der Waals surface area (Å²) in [7, 11) is 0. The van der Waals surface area contributed by atoms with Gasteiger partial charge in [-0.1, -0.05) is 54.6 Å². The van der Waals surface area contributed by atoms with Crippen LogP contribution in [0.4, 0.5) is 0 Å². The molecule has 3 aromatic heterocycles. The molecular weight excluding hydrogens is 440 g/mol. The minimum absolute atomic E-state index is 0.231. The molecule has 170 valence electrons. The van der Waals surface area contributed by atoms with Crippen molar-refractivity contribution < 1.29 is 4.74 Å². The summed E-state index contributed by atoms with van der Waals surface area (Å²) < 4.78 is 7.55. The Bertz CT molecular complexity index is 1710. The Morgan fingerprint density at radius 2 is 1.66 bits per heavy atom. The molecule has 0 aliphatic heterocycles. The normalized spacial score (nSPS) is 11.2. The van der Waals surface area contributed by atoms with E-state index in [0.29, 0.717) is 24.5 Å². The van der Waals surface area contributed by atoms with Gasteiger partial charge in [0.1, 0.15) is 12.4 Å². The van der Waals surface area contributed by atoms with Gasteiger partial charge in [-0.2, -0.15) is 0 Å². The van der Waals surface area contributed by atoms with Crippen LogP contribution in [0.1, 0.15) is 11.3 Å². The van der Waals surface area contributed by atoms with Gasteiger partial charge in [-0.25, -0.2) is 9.67 Å². The van der Waals surface area contributed by atoms with Gasteiger partial charge in [0.25, 0.3) is 5.56 Å². The molecule has 8 nitrogen and oxygen atoms in total. The number of nitrogens with one attached hydrogen (secondary N) is 1. The van der Waals surface area contributed by atoms with Gasteiger partial charge < -0.3 is 9.72 Å². The molecular formula is C27H20N6O2. The number of hydrogen-bond donors (Lipinski definition) is 1. The zero-order valence-corrected chi connectivity index (χ0v) is 18.6. The van der Waals surface area contributed by atoms with E-state index < -0.39 is 0 Å². The summed E-state index contributed by atoms with van der Waals surface area (Å²) in [6.07, 6.45) is 0. The highest BCUT2D eigenvalue weighted by Crippen LogP contribution is 2.20. The lowest BCUT2D eigenvalue weighted by Crippen LogP contribution is -2.13. The van der Waals surface area contributed by atoms with E-state index >= 15 is 0 Å². The molecule has 6 rings (SSSR count). The Balaban J connectivity index is 1.18. The fraction of sp³-hybridized carbons (Fsp3) is 0.0741. The third kappa shape index (κ3) is 4.24. The fourth-order valence-corrected chi connectivity index (χ4v) is 4.03. The molecule has 0 aliphatic carbocycles. The number of para-hydroxylation sites is 2. The number of fused-ring (bicyclic) bond motifs is 2. The number of H-pyrrole nitrogens is 1. The van der Waals surface area contributed by atoms with E-state index in [1.54, 1.807) is 4.68 Å². The lowest BCUT2D eigenvalue weighted by Gasteiger charge is -2.09. The number of ether oxygens (including phenoxy) is 1. The SMILES string of the molecule is O=c1[nH]c2ccccc2cc1-c1nnnn1Cc1ccc(OCc2ccc3ccccc3n2)cc1. The molecule has 0 saturated carbocycles. The molecule has 3 aromatic carbocycles. The number of pyridine rings is 2. The summed E-state index contributed by atoms with van der Waals surface area (Å²) in [6, 6.07) is 29.2. The van der Waals surface area contributed by atoms with Gasteiger partial charge in [-0.15, -0.1) is 5.10 Å². The highest BCUT2D eigenvalue weighted by molar-refractivity contribution is 5.82. The van der Waals surface area contributed by atoms with Crippen molar-refractivity contribution in [3.05, 3.63) is 113 Å². The van der Waals surface area contributed by atoms with Crippen LogP contribution < -0.4 is 10.3 Å². The molecule has 0 fully saturated rings. The maximum absolute atomic E-state index is 12.7. The molecule has 0 aliphatic rings. The van der Waals surface area contributed by atoms with Crippen LogP contribution in [0.5, 0.6) is 5.75 Å². The Labute approximate surface area is 199 Å². The minimum atomic E-state index is -0.231. The van der Waals surface area contributed by atoms with Gasteiger partial charge in [0.05, 0.1) is 23.3 Å². The van der Waals surface area contributed by atoms with Crippen molar-refractivity contribution in [3.8, 4) is 17.1 Å². The van der Waals surface area contributed by atoms with Gasteiger partial charge in [0.2, 0.25) is 0 Å². The van der Waals surface area contributed by atoms with E-state index in [9.17, 15) is 4.79 Å². The van der Waals surface area contributed by atoms with Crippen LogP contribution in [0.15, 0.2) is 95.8 Å². The molecule has 6 aromatic rings. The molecule has 0 spiro atoms. The van der Waals surface area contributed by atoms with Crippen LogP contribution >= 0.6 is 0 Å². The second-order valence-corrected chi connectivity index (χ2v) is 8.19. The first kappa shape index (κ1) is 20.7. The summed E-state index contributed by atoms with van der Waals surface area (Å²) >= 11 is 0. The Morgan fingerprint density at radius 3 is 2.54 bits per heavy atom. The number of rotatable bonds is 6. The molecule has 0 amide bonds. The van der Waals surface area contributed by atoms with Crippen molar-refractivity contribution in [3.63, 3.8) is 0 Å². The highest BCUT2D eigenvalue weighted by Gasteiger charge is 2.14. The maximum atomic E-state index is 12.7. The molecule has 0 bridgehead atoms. The molecule has 1 N–H and O–H groups in total. The Kier molecular flexibility index (Phi) is 5.23. The zero-order valence-electron chi connectivity index (χ0n) is 18.6. The standard InChI is InChI=1S/C27H20N6O2/c34-27-23(15-20-6-2-4-8-25(20)29-27)26-30-31-32-33(26)16-18-9-13-22(14-10-18)35-17-21-12-11-19-5-1-3-7-24(19)28-21/h1-15H,16-17H2,(H,29,34). The van der Waals surface area contributed by atoms with E-state index in [1.807, 2.05) is 84.9 Å². The summed E-state index contributed by atoms with van der Waals surface area (Å²) in [4.78, 5) is 20.2. The Morgan fingerprint density at radius 1 is 0.857 bits per heavy atom. The van der Waals surface area contributed by atoms with E-state index in [2.05, 4.69) is 31.6 Å². The lowest BCUT2D eigenvalue weighted by atomic mass is 10.1. The average Bonchev–Trinajstić information content (AvgIpc) is 3.35. The molecule has 0 saturated heterocycles. The lowest BCUT2D eigenvalue weighted by molar-refractivity contribution is 0.301. The summed E-state index contributed by atoms with van der Waals surface area (Å²) in [5.41, 5.74) is 3.77. The second-order valence-electron chi connectivity index (χ2n) is 8.19. The summed E-state index contributed by atoms with van der Waals surface area (Å²) in [5.74, 6) is 1.16. The smallest absolute Gasteiger partial charge is 0.259 e. The van der Waals surface area contributed by atoms with Crippen LogP contribution in [0.25, 0.3) is 33.2 Å². The van der Waals surface area contributed by atoms with Crippen LogP contribution in [-0.2, 0) is 13.2 Å². The number of benzene rings is 3. The second kappa shape index (κ2) is 8.83. The van der Waals surface area contributed by atoms with Gasteiger partial charge in [0, 0.05) is 10.9 Å². The van der Waals surface area contributed by atoms with Crippen molar-refractivity contribution in [2.75, 3.05) is 0 Å². The molecule has 0 radical (unpaired) electrons. The molecule has 3 heterocycles. The third-order valence-electron chi connectivity index (χ3n) is 5.82. The third-order valence-corrected chi connectivity index (χ3v) is 5.82. The van der Waals surface area contributed by atoms with E-state index in [4.69, 9.17) is 4.74 Å². The van der Waals surface area contributed by atoms with E-state index in [0.717, 1.165) is 38.8 Å². The van der Waals surface area contributed by atoms with Gasteiger partial charge in [0.15, 0.2) is 5.82 Å². The van der Waals surface area contributed by atoms with Crippen molar-refractivity contribution in [2.45, 2.75) is 13.2 Å². The number of nitrogens with zero attached hydrogens (tertiary/aromatic N) is 5. The van der Waals surface area contributed by atoms with Crippen LogP contribution in [0, 0.1) is 0 Å². The molecule has 35 heavy (non-hydrogen) atoms. The predicted octanol–water partition coefficient (Wildman–Crippen LogP) is 4.36. The zero-order chi connectivity index (χ0) is 23.6. The van der Waals surface area contributed by atoms with Gasteiger partial charge in [-0.05, 0) is 57.8 Å². The van der Waals surface area contributed by atoms with Crippen LogP contribution in [-0.4, -0.2) is 30.2 Å². The number of aromatic amines is 1. The van der Waals surface area contributed by atoms with Gasteiger partial charge in [-0.3, -0.25) is 4.79 Å². The average molecular weight is 460 g/mol. The van der Waals surface area contributed by atoms with Crippen molar-refractivity contribution in [1.29, 1.82) is 0 Å². The van der Waals surface area contributed by atoms with Crippen molar-refractivity contribution in [1.82, 2.24) is 30.2 Å². The van der Waals surface area contributed by atoms with Crippen LogP contribution in [0.2, 0.25) is 0 Å². The van der Waals surface area contributed by atoms with Crippen molar-refractivity contribution in [2.24, 2.45) is 0 Å². The quantitative estimate of drug-likeness (QED) is 0.397. The fourth-order valence-electron chi connectivity index (χ4n) is 4.03. The largest absolute Gasteiger partial charge is 0.487 e. The highest BCUT2D eigenvalue weighted by atomic mass is 16.5. The minimum Gasteiger partial charge on any atom is -0.487 e. The maximum Gasteiger partial charge on any atom is 0.259 e. The monoisotopic (exact) mass is 460 g/mol. The van der Waals surface area contributed by atoms with Gasteiger partial charge >= 0.3 is 0 Å². The summed E-state index contributed by atoms with van der Waals surface area (Å²) in [6.45, 7) is 0.799. The van der Waals surface area contributed by atoms with Crippen molar-refractivity contribution >= 4 is 21.8 Å². The molecule has 0 atom stereocenters.